The molecule has 0 radical (unpaired) electrons. The highest BCUT2D eigenvalue weighted by Gasteiger charge is 2.23. The second kappa shape index (κ2) is 6.80. The molecular formula is C19H20N4OS. The van der Waals surface area contributed by atoms with Crippen LogP contribution in [0.4, 0.5) is 5.82 Å². The zero-order valence-electron chi connectivity index (χ0n) is 13.9. The van der Waals surface area contributed by atoms with Crippen LogP contribution in [0.1, 0.15) is 28.8 Å². The van der Waals surface area contributed by atoms with Gasteiger partial charge in [0.2, 0.25) is 5.91 Å². The van der Waals surface area contributed by atoms with Gasteiger partial charge in [-0.2, -0.15) is 0 Å². The van der Waals surface area contributed by atoms with Crippen LogP contribution in [0.25, 0.3) is 10.2 Å². The molecule has 2 heterocycles. The Morgan fingerprint density at radius 2 is 2.04 bits per heavy atom. The minimum absolute atomic E-state index is 0.293. The van der Waals surface area contributed by atoms with Crippen molar-refractivity contribution < 1.29 is 4.79 Å². The topological polar surface area (TPSA) is 72.1 Å². The lowest BCUT2D eigenvalue weighted by Gasteiger charge is -2.24. The molecule has 0 unspecified atom stereocenters. The van der Waals surface area contributed by atoms with E-state index >= 15 is 0 Å². The smallest absolute Gasteiger partial charge is 0.219 e. The predicted octanol–water partition coefficient (Wildman–Crippen LogP) is 3.06. The lowest BCUT2D eigenvalue weighted by Crippen LogP contribution is -2.28. The number of hydrogen-bond donors (Lipinski definition) is 1. The van der Waals surface area contributed by atoms with Crippen molar-refractivity contribution in [3.05, 3.63) is 52.7 Å². The van der Waals surface area contributed by atoms with E-state index < -0.39 is 0 Å². The minimum Gasteiger partial charge on any atom is -0.370 e. The van der Waals surface area contributed by atoms with Crippen LogP contribution in [0, 0.1) is 0 Å². The third-order valence-corrected chi connectivity index (χ3v) is 5.83. The highest BCUT2D eigenvalue weighted by molar-refractivity contribution is 7.19. The van der Waals surface area contributed by atoms with E-state index in [1.807, 2.05) is 18.2 Å². The number of carbonyl (C=O) groups is 1. The number of primary amides is 1. The van der Waals surface area contributed by atoms with Crippen molar-refractivity contribution in [3.63, 3.8) is 0 Å². The maximum atomic E-state index is 11.4. The van der Waals surface area contributed by atoms with Crippen LogP contribution in [0.15, 0.2) is 36.7 Å². The van der Waals surface area contributed by atoms with Gasteiger partial charge in [-0.1, -0.05) is 30.3 Å². The number of aryl methyl sites for hydroxylation is 2. The van der Waals surface area contributed by atoms with E-state index in [1.54, 1.807) is 17.7 Å². The summed E-state index contributed by atoms with van der Waals surface area (Å²) in [6, 6.07) is 10.2. The lowest BCUT2D eigenvalue weighted by molar-refractivity contribution is -0.117. The highest BCUT2D eigenvalue weighted by Crippen LogP contribution is 2.40. The Bertz CT molecular complexity index is 906. The molecule has 2 N–H and O–H groups in total. The summed E-state index contributed by atoms with van der Waals surface area (Å²) in [6.45, 7) is 1.26. The fourth-order valence-corrected chi connectivity index (χ4v) is 4.68. The summed E-state index contributed by atoms with van der Waals surface area (Å²) in [5.41, 5.74) is 7.98. The number of benzene rings is 1. The molecule has 0 aliphatic heterocycles. The standard InChI is InChI=1S/C19H20N4OS/c20-16(24)9-10-23(11-13-5-2-1-3-6-13)18-17-14-7-4-8-15(14)25-19(17)22-12-21-18/h1-3,5-6,12H,4,7-11H2,(H2,20,24). The van der Waals surface area contributed by atoms with Gasteiger partial charge in [0.05, 0.1) is 5.39 Å². The Hall–Kier alpha value is -2.47. The molecule has 0 spiro atoms. The number of nitrogens with two attached hydrogens (primary N) is 1. The van der Waals surface area contributed by atoms with Gasteiger partial charge in [-0.05, 0) is 30.4 Å². The number of fused-ring (bicyclic) bond motifs is 3. The molecule has 25 heavy (non-hydrogen) atoms. The largest absolute Gasteiger partial charge is 0.370 e. The Morgan fingerprint density at radius 3 is 2.84 bits per heavy atom. The molecular weight excluding hydrogens is 332 g/mol. The van der Waals surface area contributed by atoms with Gasteiger partial charge >= 0.3 is 0 Å². The van der Waals surface area contributed by atoms with Crippen LogP contribution in [0.2, 0.25) is 0 Å². The maximum Gasteiger partial charge on any atom is 0.219 e. The Labute approximate surface area is 150 Å². The van der Waals surface area contributed by atoms with Gasteiger partial charge in [0.15, 0.2) is 0 Å². The van der Waals surface area contributed by atoms with Crippen molar-refractivity contribution in [2.75, 3.05) is 11.4 Å². The Balaban J connectivity index is 1.76. The Morgan fingerprint density at radius 1 is 1.20 bits per heavy atom. The summed E-state index contributed by atoms with van der Waals surface area (Å²) >= 11 is 1.78. The normalized spacial score (nSPS) is 13.1. The molecule has 1 aliphatic carbocycles. The number of anilines is 1. The summed E-state index contributed by atoms with van der Waals surface area (Å²) in [4.78, 5) is 25.1. The average molecular weight is 352 g/mol. The zero-order valence-corrected chi connectivity index (χ0v) is 14.8. The highest BCUT2D eigenvalue weighted by atomic mass is 32.1. The first-order valence-corrected chi connectivity index (χ1v) is 9.36. The van der Waals surface area contributed by atoms with Gasteiger partial charge < -0.3 is 10.6 Å². The van der Waals surface area contributed by atoms with Crippen molar-refractivity contribution >= 4 is 33.3 Å². The summed E-state index contributed by atoms with van der Waals surface area (Å²) in [5.74, 6) is 0.633. The van der Waals surface area contributed by atoms with E-state index in [0.29, 0.717) is 19.5 Å². The van der Waals surface area contributed by atoms with E-state index in [2.05, 4.69) is 27.0 Å². The maximum absolute atomic E-state index is 11.4. The molecule has 1 aliphatic rings. The first-order valence-electron chi connectivity index (χ1n) is 8.55. The van der Waals surface area contributed by atoms with Gasteiger partial charge in [-0.15, -0.1) is 11.3 Å². The van der Waals surface area contributed by atoms with Crippen LogP contribution in [0.3, 0.4) is 0 Å². The molecule has 1 amide bonds. The van der Waals surface area contributed by atoms with Crippen LogP contribution < -0.4 is 10.6 Å². The van der Waals surface area contributed by atoms with Crippen LogP contribution in [-0.4, -0.2) is 22.4 Å². The molecule has 0 bridgehead atoms. The quantitative estimate of drug-likeness (QED) is 0.740. The van der Waals surface area contributed by atoms with E-state index in [1.165, 1.54) is 27.8 Å². The van der Waals surface area contributed by atoms with E-state index in [0.717, 1.165) is 23.5 Å². The molecule has 3 aromatic rings. The molecule has 4 rings (SSSR count). The number of aromatic nitrogens is 2. The van der Waals surface area contributed by atoms with Crippen molar-refractivity contribution in [3.8, 4) is 0 Å². The van der Waals surface area contributed by atoms with Crippen LogP contribution >= 0.6 is 11.3 Å². The summed E-state index contributed by atoms with van der Waals surface area (Å²) in [7, 11) is 0. The van der Waals surface area contributed by atoms with Gasteiger partial charge in [0.25, 0.3) is 0 Å². The molecule has 6 heteroatoms. The van der Waals surface area contributed by atoms with Crippen molar-refractivity contribution in [2.45, 2.75) is 32.2 Å². The molecule has 1 aromatic carbocycles. The summed E-state index contributed by atoms with van der Waals surface area (Å²) in [5, 5.41) is 1.17. The van der Waals surface area contributed by atoms with Gasteiger partial charge in [-0.25, -0.2) is 9.97 Å². The third-order valence-electron chi connectivity index (χ3n) is 4.63. The first-order chi connectivity index (χ1) is 12.2. The molecule has 5 nitrogen and oxygen atoms in total. The average Bonchev–Trinajstić information content (AvgIpc) is 3.20. The lowest BCUT2D eigenvalue weighted by atomic mass is 10.1. The molecule has 0 saturated heterocycles. The van der Waals surface area contributed by atoms with Crippen LogP contribution in [-0.2, 0) is 24.2 Å². The number of nitrogens with zero attached hydrogens (tertiary/aromatic N) is 3. The Kier molecular flexibility index (Phi) is 4.36. The fourth-order valence-electron chi connectivity index (χ4n) is 3.46. The first kappa shape index (κ1) is 16.0. The van der Waals surface area contributed by atoms with Crippen molar-refractivity contribution in [1.82, 2.24) is 9.97 Å². The number of amides is 1. The van der Waals surface area contributed by atoms with Crippen LogP contribution in [0.5, 0.6) is 0 Å². The minimum atomic E-state index is -0.293. The molecule has 0 atom stereocenters. The van der Waals surface area contributed by atoms with Crippen molar-refractivity contribution in [1.29, 1.82) is 0 Å². The van der Waals surface area contributed by atoms with Crippen molar-refractivity contribution in [2.24, 2.45) is 5.73 Å². The summed E-state index contributed by atoms with van der Waals surface area (Å²) in [6.07, 6.45) is 5.36. The third kappa shape index (κ3) is 3.22. The van der Waals surface area contributed by atoms with E-state index in [9.17, 15) is 4.79 Å². The molecule has 128 valence electrons. The monoisotopic (exact) mass is 352 g/mol. The molecule has 0 fully saturated rings. The SMILES string of the molecule is NC(=O)CCN(Cc1ccccc1)c1ncnc2sc3c(c12)CCC3. The van der Waals surface area contributed by atoms with Gasteiger partial charge in [0.1, 0.15) is 17.0 Å². The number of hydrogen-bond acceptors (Lipinski definition) is 5. The fraction of sp³-hybridized carbons (Fsp3) is 0.316. The van der Waals surface area contributed by atoms with Gasteiger partial charge in [0, 0.05) is 24.4 Å². The number of carbonyl (C=O) groups excluding carboxylic acids is 1. The van der Waals surface area contributed by atoms with E-state index in [-0.39, 0.29) is 5.91 Å². The number of rotatable bonds is 6. The zero-order chi connectivity index (χ0) is 17.2. The predicted molar refractivity (Wildman–Crippen MR) is 101 cm³/mol. The molecule has 0 saturated carbocycles. The summed E-state index contributed by atoms with van der Waals surface area (Å²) < 4.78 is 0. The van der Waals surface area contributed by atoms with Gasteiger partial charge in [-0.3, -0.25) is 4.79 Å². The number of thiophene rings is 1. The second-order valence-corrected chi connectivity index (χ2v) is 7.44. The second-order valence-electron chi connectivity index (χ2n) is 6.36. The van der Waals surface area contributed by atoms with E-state index in [4.69, 9.17) is 5.73 Å². The molecule has 2 aromatic heterocycles.